The summed E-state index contributed by atoms with van der Waals surface area (Å²) in [6.45, 7) is 0. The van der Waals surface area contributed by atoms with Crippen molar-refractivity contribution in [3.8, 4) is 0 Å². The third-order valence-electron chi connectivity index (χ3n) is 0.432. The maximum Gasteiger partial charge on any atom is 0.488 e. The van der Waals surface area contributed by atoms with Crippen LogP contribution in [0.5, 0.6) is 0 Å². The van der Waals surface area contributed by atoms with Crippen LogP contribution in [0.2, 0.25) is 0 Å². The van der Waals surface area contributed by atoms with Gasteiger partial charge in [0.05, 0.1) is 0 Å². The summed E-state index contributed by atoms with van der Waals surface area (Å²) >= 11 is 0. The first-order valence-corrected chi connectivity index (χ1v) is 3.42. The Labute approximate surface area is 44.9 Å². The van der Waals surface area contributed by atoms with Crippen molar-refractivity contribution in [1.29, 1.82) is 0 Å². The molecule has 0 aromatic carbocycles. The Balaban J connectivity index is 4.53. The molecule has 0 aromatic heterocycles. The minimum absolute atomic E-state index is 0.181. The van der Waals surface area contributed by atoms with Crippen molar-refractivity contribution in [1.82, 2.24) is 0 Å². The molecule has 6 heteroatoms. The molecular formula is C2H3F2O3S. The molecule has 0 rings (SSSR count). The lowest BCUT2D eigenvalue weighted by atomic mass is 11.5. The highest BCUT2D eigenvalue weighted by Crippen LogP contribution is 2.15. The largest absolute Gasteiger partial charge is 0.488 e. The Morgan fingerprint density at radius 2 is 1.50 bits per heavy atom. The van der Waals surface area contributed by atoms with Crippen LogP contribution in [0.15, 0.2) is 0 Å². The van der Waals surface area contributed by atoms with Crippen molar-refractivity contribution < 1.29 is 22.3 Å². The second-order valence-corrected chi connectivity index (χ2v) is 3.26. The van der Waals surface area contributed by atoms with Crippen molar-refractivity contribution in [2.45, 2.75) is 5.44 Å². The quantitative estimate of drug-likeness (QED) is 0.522. The smallest absolute Gasteiger partial charge is 0.220 e. The van der Waals surface area contributed by atoms with E-state index in [2.05, 4.69) is 0 Å². The van der Waals surface area contributed by atoms with Gasteiger partial charge >= 0.3 is 5.44 Å². The van der Waals surface area contributed by atoms with Crippen molar-refractivity contribution in [2.75, 3.05) is 6.26 Å². The topological polar surface area (TPSA) is 54.0 Å². The van der Waals surface area contributed by atoms with Crippen molar-refractivity contribution in [3.63, 3.8) is 0 Å². The van der Waals surface area contributed by atoms with E-state index in [0.29, 0.717) is 0 Å². The first-order valence-electron chi connectivity index (χ1n) is 1.53. The number of alkyl halides is 2. The molecule has 0 aliphatic carbocycles. The van der Waals surface area contributed by atoms with Gasteiger partial charge in [-0.15, -0.1) is 5.11 Å². The lowest BCUT2D eigenvalue weighted by molar-refractivity contribution is -0.167. The van der Waals surface area contributed by atoms with Crippen LogP contribution in [0.25, 0.3) is 0 Å². The number of hydrogen-bond donors (Lipinski definition) is 0. The summed E-state index contributed by atoms with van der Waals surface area (Å²) in [5.74, 6) is 0. The standard InChI is InChI=1S/C2H3F2O3S/c1-8(6,7)2(3,4)5/h1H3. The van der Waals surface area contributed by atoms with E-state index in [4.69, 9.17) is 0 Å². The highest BCUT2D eigenvalue weighted by molar-refractivity contribution is 7.91. The highest BCUT2D eigenvalue weighted by Gasteiger charge is 2.40. The molecule has 0 fully saturated rings. The van der Waals surface area contributed by atoms with Gasteiger partial charge < -0.3 is 0 Å². The van der Waals surface area contributed by atoms with Gasteiger partial charge in [-0.25, -0.2) is 8.42 Å². The van der Waals surface area contributed by atoms with Crippen LogP contribution in [0.1, 0.15) is 0 Å². The third kappa shape index (κ3) is 1.71. The summed E-state index contributed by atoms with van der Waals surface area (Å²) in [5, 5.41) is 9.20. The zero-order valence-electron chi connectivity index (χ0n) is 3.89. The van der Waals surface area contributed by atoms with Gasteiger partial charge in [-0.2, -0.15) is 8.78 Å². The van der Waals surface area contributed by atoms with Gasteiger partial charge in [-0.3, -0.25) is 0 Å². The van der Waals surface area contributed by atoms with E-state index in [1.165, 1.54) is 0 Å². The molecule has 0 aromatic rings. The predicted octanol–water partition coefficient (Wildman–Crippen LogP) is 0.0118. The van der Waals surface area contributed by atoms with Gasteiger partial charge in [0.2, 0.25) is 9.84 Å². The van der Waals surface area contributed by atoms with E-state index in [-0.39, 0.29) is 6.26 Å². The summed E-state index contributed by atoms with van der Waals surface area (Å²) < 4.78 is 41.4. The monoisotopic (exact) mass is 145 g/mol. The zero-order chi connectivity index (χ0) is 7.00. The Morgan fingerprint density at radius 1 is 1.38 bits per heavy atom. The van der Waals surface area contributed by atoms with Crippen LogP contribution in [0.3, 0.4) is 0 Å². The fourth-order valence-electron chi connectivity index (χ4n) is 0. The molecule has 0 atom stereocenters. The van der Waals surface area contributed by atoms with Crippen LogP contribution >= 0.6 is 0 Å². The van der Waals surface area contributed by atoms with Gasteiger partial charge in [0, 0.05) is 6.26 Å². The number of sulfone groups is 1. The molecule has 0 bridgehead atoms. The van der Waals surface area contributed by atoms with E-state index in [1.54, 1.807) is 0 Å². The molecule has 0 saturated carbocycles. The molecule has 0 spiro atoms. The summed E-state index contributed by atoms with van der Waals surface area (Å²) in [5.41, 5.74) is -4.84. The Kier molecular flexibility index (Phi) is 1.58. The molecule has 0 aliphatic rings. The molecule has 0 aliphatic heterocycles. The number of rotatable bonds is 1. The molecule has 0 unspecified atom stereocenters. The predicted molar refractivity (Wildman–Crippen MR) is 20.5 cm³/mol. The maximum atomic E-state index is 11.1. The fourth-order valence-corrected chi connectivity index (χ4v) is 0. The number of halogens is 2. The van der Waals surface area contributed by atoms with Crippen molar-refractivity contribution in [2.24, 2.45) is 0 Å². The van der Waals surface area contributed by atoms with Crippen LogP contribution < -0.4 is 0 Å². The molecule has 8 heavy (non-hydrogen) atoms. The van der Waals surface area contributed by atoms with Gasteiger partial charge in [0.1, 0.15) is 0 Å². The first kappa shape index (κ1) is 7.77. The normalized spacial score (nSPS) is 14.0. The average molecular weight is 145 g/mol. The lowest BCUT2D eigenvalue weighted by Gasteiger charge is -1.99. The Bertz CT molecular complexity index is 164. The summed E-state index contributed by atoms with van der Waals surface area (Å²) in [6.07, 6.45) is 0.181. The van der Waals surface area contributed by atoms with E-state index >= 15 is 0 Å². The maximum absolute atomic E-state index is 11.1. The molecular weight excluding hydrogens is 142 g/mol. The van der Waals surface area contributed by atoms with Gasteiger partial charge in [0.15, 0.2) is 0 Å². The second kappa shape index (κ2) is 1.63. The SMILES string of the molecule is CS(=O)(=O)C([O])(F)F. The van der Waals surface area contributed by atoms with E-state index in [0.717, 1.165) is 0 Å². The molecule has 0 heterocycles. The minimum atomic E-state index is -4.84. The highest BCUT2D eigenvalue weighted by atomic mass is 32.2. The van der Waals surface area contributed by atoms with E-state index in [9.17, 15) is 22.3 Å². The molecule has 49 valence electrons. The lowest BCUT2D eigenvalue weighted by Crippen LogP contribution is -2.24. The van der Waals surface area contributed by atoms with Crippen LogP contribution in [0, 0.1) is 0 Å². The van der Waals surface area contributed by atoms with Gasteiger partial charge in [0.25, 0.3) is 0 Å². The summed E-state index contributed by atoms with van der Waals surface area (Å²) in [4.78, 5) is 0. The van der Waals surface area contributed by atoms with Crippen LogP contribution in [-0.2, 0) is 14.9 Å². The fraction of sp³-hybridized carbons (Fsp3) is 1.00. The molecule has 0 saturated heterocycles. The second-order valence-electron chi connectivity index (χ2n) is 1.24. The molecule has 0 amide bonds. The summed E-state index contributed by atoms with van der Waals surface area (Å²) in [6, 6.07) is 0. The van der Waals surface area contributed by atoms with Crippen LogP contribution in [0.4, 0.5) is 8.78 Å². The average Bonchev–Trinajstić information content (AvgIpc) is 1.25. The zero-order valence-corrected chi connectivity index (χ0v) is 4.71. The van der Waals surface area contributed by atoms with Gasteiger partial charge in [-0.1, -0.05) is 0 Å². The number of hydrogen-bond acceptors (Lipinski definition) is 2. The van der Waals surface area contributed by atoms with E-state index in [1.807, 2.05) is 0 Å². The van der Waals surface area contributed by atoms with Crippen molar-refractivity contribution in [3.05, 3.63) is 0 Å². The molecule has 1 radical (unpaired) electrons. The molecule has 0 N–H and O–H groups in total. The van der Waals surface area contributed by atoms with Crippen LogP contribution in [-0.4, -0.2) is 20.1 Å². The molecule has 3 nitrogen and oxygen atoms in total. The minimum Gasteiger partial charge on any atom is -0.220 e. The first-order chi connectivity index (χ1) is 3.25. The van der Waals surface area contributed by atoms with Gasteiger partial charge in [-0.05, 0) is 0 Å². The third-order valence-corrected chi connectivity index (χ3v) is 1.29. The van der Waals surface area contributed by atoms with Crippen molar-refractivity contribution >= 4 is 9.84 Å². The van der Waals surface area contributed by atoms with E-state index < -0.39 is 15.3 Å². The Hall–Kier alpha value is -0.230. The summed E-state index contributed by atoms with van der Waals surface area (Å²) in [7, 11) is -4.73. The Morgan fingerprint density at radius 3 is 1.50 bits per heavy atom.